The standard InChI is InChI=1S/C10H17NO2/c1-11-7-3-5-9(8-11)4-2-6-10(12)13/h2,6,9H,3-5,7-8H2,1H3,(H,12,13). The summed E-state index contributed by atoms with van der Waals surface area (Å²) in [4.78, 5) is 12.5. The molecule has 1 heterocycles. The SMILES string of the molecule is CN1CCCC(CC=CC(=O)O)C1. The zero-order chi connectivity index (χ0) is 9.68. The Labute approximate surface area is 79.0 Å². The number of piperidine rings is 1. The average molecular weight is 183 g/mol. The van der Waals surface area contributed by atoms with Crippen LogP contribution in [0.5, 0.6) is 0 Å². The number of aliphatic carboxylic acids is 1. The molecule has 3 heteroatoms. The molecule has 0 aromatic heterocycles. The van der Waals surface area contributed by atoms with Crippen LogP contribution in [-0.4, -0.2) is 36.1 Å². The first-order chi connectivity index (χ1) is 6.18. The molecule has 0 bridgehead atoms. The van der Waals surface area contributed by atoms with Crippen molar-refractivity contribution in [3.05, 3.63) is 12.2 Å². The molecule has 1 fully saturated rings. The summed E-state index contributed by atoms with van der Waals surface area (Å²) in [6, 6.07) is 0. The van der Waals surface area contributed by atoms with Crippen molar-refractivity contribution in [2.75, 3.05) is 20.1 Å². The highest BCUT2D eigenvalue weighted by Gasteiger charge is 2.15. The Bertz CT molecular complexity index is 201. The Morgan fingerprint density at radius 1 is 1.69 bits per heavy atom. The summed E-state index contributed by atoms with van der Waals surface area (Å²) in [6.45, 7) is 2.28. The molecule has 0 amide bonds. The van der Waals surface area contributed by atoms with Crippen LogP contribution in [0.25, 0.3) is 0 Å². The summed E-state index contributed by atoms with van der Waals surface area (Å²) < 4.78 is 0. The lowest BCUT2D eigenvalue weighted by molar-refractivity contribution is -0.131. The minimum atomic E-state index is -0.843. The Balaban J connectivity index is 2.24. The number of nitrogens with zero attached hydrogens (tertiary/aromatic N) is 1. The molecule has 1 saturated heterocycles. The number of hydrogen-bond donors (Lipinski definition) is 1. The molecule has 0 aliphatic carbocycles. The first-order valence-electron chi connectivity index (χ1n) is 4.76. The Kier molecular flexibility index (Phi) is 3.96. The van der Waals surface area contributed by atoms with Gasteiger partial charge in [0.05, 0.1) is 0 Å². The first kappa shape index (κ1) is 10.3. The van der Waals surface area contributed by atoms with Gasteiger partial charge in [-0.15, -0.1) is 0 Å². The van der Waals surface area contributed by atoms with Crippen molar-refractivity contribution in [3.8, 4) is 0 Å². The maximum Gasteiger partial charge on any atom is 0.327 e. The van der Waals surface area contributed by atoms with Crippen molar-refractivity contribution < 1.29 is 9.90 Å². The molecule has 1 unspecified atom stereocenters. The van der Waals surface area contributed by atoms with Gasteiger partial charge >= 0.3 is 5.97 Å². The molecule has 1 rings (SSSR count). The number of likely N-dealkylation sites (tertiary alicyclic amines) is 1. The van der Waals surface area contributed by atoms with Gasteiger partial charge in [0.2, 0.25) is 0 Å². The van der Waals surface area contributed by atoms with Crippen LogP contribution in [0, 0.1) is 5.92 Å². The zero-order valence-electron chi connectivity index (χ0n) is 8.07. The van der Waals surface area contributed by atoms with Crippen LogP contribution in [0.4, 0.5) is 0 Å². The van der Waals surface area contributed by atoms with Gasteiger partial charge in [0.25, 0.3) is 0 Å². The smallest absolute Gasteiger partial charge is 0.327 e. The van der Waals surface area contributed by atoms with Crippen molar-refractivity contribution in [1.29, 1.82) is 0 Å². The third kappa shape index (κ3) is 4.08. The lowest BCUT2D eigenvalue weighted by Gasteiger charge is -2.28. The molecule has 1 aliphatic rings. The van der Waals surface area contributed by atoms with Crippen LogP contribution >= 0.6 is 0 Å². The van der Waals surface area contributed by atoms with E-state index in [-0.39, 0.29) is 0 Å². The van der Waals surface area contributed by atoms with Gasteiger partial charge in [-0.2, -0.15) is 0 Å². The van der Waals surface area contributed by atoms with E-state index in [9.17, 15) is 4.79 Å². The molecule has 1 N–H and O–H groups in total. The fraction of sp³-hybridized carbons (Fsp3) is 0.700. The highest BCUT2D eigenvalue weighted by atomic mass is 16.4. The van der Waals surface area contributed by atoms with Gasteiger partial charge < -0.3 is 10.0 Å². The van der Waals surface area contributed by atoms with Crippen LogP contribution in [-0.2, 0) is 4.79 Å². The number of hydrogen-bond acceptors (Lipinski definition) is 2. The van der Waals surface area contributed by atoms with Crippen LogP contribution < -0.4 is 0 Å². The monoisotopic (exact) mass is 183 g/mol. The number of rotatable bonds is 3. The number of carboxylic acid groups (broad SMARTS) is 1. The Morgan fingerprint density at radius 3 is 3.08 bits per heavy atom. The number of allylic oxidation sites excluding steroid dienone is 1. The molecule has 0 aromatic rings. The molecule has 0 saturated carbocycles. The minimum absolute atomic E-state index is 0.648. The average Bonchev–Trinajstić information content (AvgIpc) is 2.03. The van der Waals surface area contributed by atoms with E-state index in [2.05, 4.69) is 11.9 Å². The van der Waals surface area contributed by atoms with Crippen molar-refractivity contribution in [3.63, 3.8) is 0 Å². The molecular weight excluding hydrogens is 166 g/mol. The molecule has 1 atom stereocenters. The third-order valence-electron chi connectivity index (χ3n) is 2.45. The van der Waals surface area contributed by atoms with E-state index in [1.807, 2.05) is 0 Å². The molecule has 74 valence electrons. The lowest BCUT2D eigenvalue weighted by atomic mass is 9.95. The zero-order valence-corrected chi connectivity index (χ0v) is 8.07. The molecule has 1 aliphatic heterocycles. The molecule has 0 spiro atoms. The first-order valence-corrected chi connectivity index (χ1v) is 4.76. The van der Waals surface area contributed by atoms with Gasteiger partial charge in [0.15, 0.2) is 0 Å². The highest BCUT2D eigenvalue weighted by Crippen LogP contribution is 2.18. The summed E-state index contributed by atoms with van der Waals surface area (Å²) in [5.74, 6) is -0.196. The molecule has 0 aromatic carbocycles. The van der Waals surface area contributed by atoms with Crippen molar-refractivity contribution in [2.24, 2.45) is 5.92 Å². The Morgan fingerprint density at radius 2 is 2.46 bits per heavy atom. The van der Waals surface area contributed by atoms with E-state index in [1.165, 1.54) is 25.5 Å². The fourth-order valence-electron chi connectivity index (χ4n) is 1.83. The van der Waals surface area contributed by atoms with Gasteiger partial charge in [-0.25, -0.2) is 4.79 Å². The second-order valence-corrected chi connectivity index (χ2v) is 3.75. The Hall–Kier alpha value is -0.830. The third-order valence-corrected chi connectivity index (χ3v) is 2.45. The second-order valence-electron chi connectivity index (χ2n) is 3.75. The fourth-order valence-corrected chi connectivity index (χ4v) is 1.83. The van der Waals surface area contributed by atoms with Gasteiger partial charge in [-0.3, -0.25) is 0 Å². The van der Waals surface area contributed by atoms with E-state index in [1.54, 1.807) is 6.08 Å². The quantitative estimate of drug-likeness (QED) is 0.672. The minimum Gasteiger partial charge on any atom is -0.478 e. The van der Waals surface area contributed by atoms with E-state index in [0.29, 0.717) is 5.92 Å². The van der Waals surface area contributed by atoms with Gasteiger partial charge in [0, 0.05) is 12.6 Å². The van der Waals surface area contributed by atoms with Crippen LogP contribution in [0.2, 0.25) is 0 Å². The summed E-state index contributed by atoms with van der Waals surface area (Å²) in [5, 5.41) is 8.40. The summed E-state index contributed by atoms with van der Waals surface area (Å²) >= 11 is 0. The number of carbonyl (C=O) groups is 1. The van der Waals surface area contributed by atoms with E-state index in [0.717, 1.165) is 13.0 Å². The second kappa shape index (κ2) is 5.02. The molecule has 3 nitrogen and oxygen atoms in total. The lowest BCUT2D eigenvalue weighted by Crippen LogP contribution is -2.31. The topological polar surface area (TPSA) is 40.5 Å². The largest absolute Gasteiger partial charge is 0.478 e. The summed E-state index contributed by atoms with van der Waals surface area (Å²) in [5.41, 5.74) is 0. The van der Waals surface area contributed by atoms with Gasteiger partial charge in [-0.1, -0.05) is 6.08 Å². The van der Waals surface area contributed by atoms with E-state index < -0.39 is 5.97 Å². The van der Waals surface area contributed by atoms with Crippen molar-refractivity contribution >= 4 is 5.97 Å². The number of carboxylic acids is 1. The molecular formula is C10H17NO2. The van der Waals surface area contributed by atoms with E-state index in [4.69, 9.17) is 5.11 Å². The molecule has 13 heavy (non-hydrogen) atoms. The summed E-state index contributed by atoms with van der Waals surface area (Å²) in [7, 11) is 2.12. The van der Waals surface area contributed by atoms with Crippen molar-refractivity contribution in [2.45, 2.75) is 19.3 Å². The van der Waals surface area contributed by atoms with Crippen LogP contribution in [0.1, 0.15) is 19.3 Å². The highest BCUT2D eigenvalue weighted by molar-refractivity contribution is 5.79. The van der Waals surface area contributed by atoms with Crippen LogP contribution in [0.3, 0.4) is 0 Å². The predicted molar refractivity (Wildman–Crippen MR) is 51.6 cm³/mol. The normalized spacial score (nSPS) is 25.2. The summed E-state index contributed by atoms with van der Waals surface area (Å²) in [6.07, 6.45) is 6.38. The maximum atomic E-state index is 10.2. The van der Waals surface area contributed by atoms with Crippen LogP contribution in [0.15, 0.2) is 12.2 Å². The maximum absolute atomic E-state index is 10.2. The van der Waals surface area contributed by atoms with Crippen molar-refractivity contribution in [1.82, 2.24) is 4.90 Å². The van der Waals surface area contributed by atoms with E-state index >= 15 is 0 Å². The van der Waals surface area contributed by atoms with Gasteiger partial charge in [-0.05, 0) is 38.8 Å². The molecule has 0 radical (unpaired) electrons. The van der Waals surface area contributed by atoms with Gasteiger partial charge in [0.1, 0.15) is 0 Å². The predicted octanol–water partition coefficient (Wildman–Crippen LogP) is 1.36.